The molecule has 0 aliphatic carbocycles. The maximum absolute atomic E-state index is 14.1. The Morgan fingerprint density at radius 2 is 1.88 bits per heavy atom. The standard InChI is InChI=1S/C17H19FN2O3S2/c1-12(17(21)19-13-7-6-8-14(11-13)24-2)20(25(3,22)23)16-10-5-4-9-15(16)18/h4-12H,1-3H3,(H,19,21)/t12-/m1/s1. The van der Waals surface area contributed by atoms with Crippen molar-refractivity contribution < 1.29 is 17.6 Å². The third-order valence-electron chi connectivity index (χ3n) is 3.52. The predicted molar refractivity (Wildman–Crippen MR) is 100 cm³/mol. The van der Waals surface area contributed by atoms with E-state index in [0.29, 0.717) is 5.69 Å². The molecule has 2 aromatic carbocycles. The number of sulfonamides is 1. The van der Waals surface area contributed by atoms with Gasteiger partial charge in [0.2, 0.25) is 15.9 Å². The summed E-state index contributed by atoms with van der Waals surface area (Å²) in [6.07, 6.45) is 2.85. The lowest BCUT2D eigenvalue weighted by molar-refractivity contribution is -0.116. The van der Waals surface area contributed by atoms with Gasteiger partial charge in [0.15, 0.2) is 0 Å². The number of rotatable bonds is 6. The number of thioether (sulfide) groups is 1. The zero-order valence-electron chi connectivity index (χ0n) is 14.1. The summed E-state index contributed by atoms with van der Waals surface area (Å²) in [4.78, 5) is 13.5. The van der Waals surface area contributed by atoms with Gasteiger partial charge < -0.3 is 5.32 Å². The van der Waals surface area contributed by atoms with Crippen molar-refractivity contribution in [2.45, 2.75) is 17.9 Å². The largest absolute Gasteiger partial charge is 0.324 e. The monoisotopic (exact) mass is 382 g/mol. The van der Waals surface area contributed by atoms with Gasteiger partial charge in [0, 0.05) is 10.6 Å². The first-order valence-corrected chi connectivity index (χ1v) is 10.5. The summed E-state index contributed by atoms with van der Waals surface area (Å²) in [6, 6.07) is 11.5. The first-order valence-electron chi connectivity index (χ1n) is 7.43. The minimum absolute atomic E-state index is 0.162. The summed E-state index contributed by atoms with van der Waals surface area (Å²) in [5.41, 5.74) is 0.385. The van der Waals surface area contributed by atoms with Gasteiger partial charge in [-0.05, 0) is 43.5 Å². The lowest BCUT2D eigenvalue weighted by Crippen LogP contribution is -2.45. The van der Waals surface area contributed by atoms with E-state index in [1.165, 1.54) is 36.9 Å². The van der Waals surface area contributed by atoms with E-state index in [4.69, 9.17) is 0 Å². The average Bonchev–Trinajstić information content (AvgIpc) is 2.55. The zero-order valence-corrected chi connectivity index (χ0v) is 15.7. The number of nitrogens with one attached hydrogen (secondary N) is 1. The fourth-order valence-corrected chi connectivity index (χ4v) is 3.99. The molecule has 0 saturated heterocycles. The van der Waals surface area contributed by atoms with Crippen LogP contribution in [-0.2, 0) is 14.8 Å². The van der Waals surface area contributed by atoms with E-state index in [1.807, 2.05) is 12.3 Å². The highest BCUT2D eigenvalue weighted by atomic mass is 32.2. The first-order chi connectivity index (χ1) is 11.7. The minimum Gasteiger partial charge on any atom is -0.324 e. The molecular formula is C17H19FN2O3S2. The molecule has 1 N–H and O–H groups in total. The highest BCUT2D eigenvalue weighted by Crippen LogP contribution is 2.25. The SMILES string of the molecule is CSc1cccc(NC(=O)[C@@H](C)N(c2ccccc2F)S(C)(=O)=O)c1. The quantitative estimate of drug-likeness (QED) is 0.778. The van der Waals surface area contributed by atoms with Crippen molar-refractivity contribution in [2.24, 2.45) is 0 Å². The van der Waals surface area contributed by atoms with Crippen molar-refractivity contribution in [1.82, 2.24) is 0 Å². The second-order valence-electron chi connectivity index (χ2n) is 5.41. The van der Waals surface area contributed by atoms with Gasteiger partial charge in [-0.1, -0.05) is 18.2 Å². The van der Waals surface area contributed by atoms with Crippen LogP contribution in [0, 0.1) is 5.82 Å². The Morgan fingerprint density at radius 1 is 1.20 bits per heavy atom. The van der Waals surface area contributed by atoms with Gasteiger partial charge in [-0.15, -0.1) is 11.8 Å². The van der Waals surface area contributed by atoms with Crippen LogP contribution in [0.25, 0.3) is 0 Å². The molecule has 0 aliphatic heterocycles. The molecule has 0 saturated carbocycles. The number of hydrogen-bond acceptors (Lipinski definition) is 4. The molecule has 0 radical (unpaired) electrons. The first kappa shape index (κ1) is 19.3. The van der Waals surface area contributed by atoms with E-state index in [0.717, 1.165) is 21.5 Å². The summed E-state index contributed by atoms with van der Waals surface area (Å²) in [5.74, 6) is -1.26. The summed E-state index contributed by atoms with van der Waals surface area (Å²) in [5, 5.41) is 2.68. The van der Waals surface area contributed by atoms with Crippen molar-refractivity contribution in [1.29, 1.82) is 0 Å². The molecule has 5 nitrogen and oxygen atoms in total. The smallest absolute Gasteiger partial charge is 0.247 e. The van der Waals surface area contributed by atoms with Crippen LogP contribution in [0.15, 0.2) is 53.4 Å². The number of benzene rings is 2. The van der Waals surface area contributed by atoms with Crippen molar-refractivity contribution in [3.8, 4) is 0 Å². The molecule has 0 spiro atoms. The normalized spacial score (nSPS) is 12.5. The maximum Gasteiger partial charge on any atom is 0.247 e. The Kier molecular flexibility index (Phi) is 6.07. The molecule has 1 atom stereocenters. The fourth-order valence-electron chi connectivity index (χ4n) is 2.36. The van der Waals surface area contributed by atoms with Crippen LogP contribution < -0.4 is 9.62 Å². The van der Waals surface area contributed by atoms with Crippen LogP contribution in [-0.4, -0.2) is 32.9 Å². The molecule has 0 aromatic heterocycles. The molecule has 0 fully saturated rings. The number of hydrogen-bond donors (Lipinski definition) is 1. The Labute approximate surface area is 151 Å². The number of anilines is 2. The molecule has 134 valence electrons. The van der Waals surface area contributed by atoms with E-state index in [-0.39, 0.29) is 5.69 Å². The van der Waals surface area contributed by atoms with E-state index >= 15 is 0 Å². The van der Waals surface area contributed by atoms with E-state index < -0.39 is 27.8 Å². The summed E-state index contributed by atoms with van der Waals surface area (Å²) in [6.45, 7) is 1.42. The fraction of sp³-hybridized carbons (Fsp3) is 0.235. The molecule has 1 amide bonds. The van der Waals surface area contributed by atoms with Gasteiger partial charge in [0.05, 0.1) is 11.9 Å². The lowest BCUT2D eigenvalue weighted by atomic mass is 10.2. The molecule has 25 heavy (non-hydrogen) atoms. The third kappa shape index (κ3) is 4.73. The summed E-state index contributed by atoms with van der Waals surface area (Å²) >= 11 is 1.52. The molecule has 0 bridgehead atoms. The van der Waals surface area contributed by atoms with Crippen LogP contribution in [0.1, 0.15) is 6.92 Å². The Balaban J connectivity index is 2.32. The number of nitrogens with zero attached hydrogens (tertiary/aromatic N) is 1. The van der Waals surface area contributed by atoms with Crippen LogP contribution in [0.2, 0.25) is 0 Å². The molecule has 0 heterocycles. The third-order valence-corrected chi connectivity index (χ3v) is 5.47. The van der Waals surface area contributed by atoms with E-state index in [1.54, 1.807) is 18.2 Å². The van der Waals surface area contributed by atoms with Crippen LogP contribution in [0.4, 0.5) is 15.8 Å². The van der Waals surface area contributed by atoms with Crippen molar-refractivity contribution in [2.75, 3.05) is 22.1 Å². The molecular weight excluding hydrogens is 363 g/mol. The second-order valence-corrected chi connectivity index (χ2v) is 8.15. The van der Waals surface area contributed by atoms with Gasteiger partial charge in [0.25, 0.3) is 0 Å². The van der Waals surface area contributed by atoms with E-state index in [2.05, 4.69) is 5.32 Å². The average molecular weight is 382 g/mol. The Hall–Kier alpha value is -2.06. The lowest BCUT2D eigenvalue weighted by Gasteiger charge is -2.28. The zero-order chi connectivity index (χ0) is 18.6. The predicted octanol–water partition coefficient (Wildman–Crippen LogP) is 3.34. The van der Waals surface area contributed by atoms with Crippen molar-refractivity contribution in [3.05, 3.63) is 54.3 Å². The molecule has 0 aliphatic rings. The second kappa shape index (κ2) is 7.88. The maximum atomic E-state index is 14.1. The minimum atomic E-state index is -3.86. The Bertz CT molecular complexity index is 872. The number of amides is 1. The molecule has 2 rings (SSSR count). The highest BCUT2D eigenvalue weighted by Gasteiger charge is 2.30. The van der Waals surface area contributed by atoms with Crippen LogP contribution >= 0.6 is 11.8 Å². The summed E-state index contributed by atoms with van der Waals surface area (Å²) < 4.78 is 39.2. The topological polar surface area (TPSA) is 66.5 Å². The highest BCUT2D eigenvalue weighted by molar-refractivity contribution is 7.98. The molecule has 2 aromatic rings. The Morgan fingerprint density at radius 3 is 2.48 bits per heavy atom. The summed E-state index contributed by atoms with van der Waals surface area (Å²) in [7, 11) is -3.86. The number of para-hydroxylation sites is 1. The number of carbonyl (C=O) groups excluding carboxylic acids is 1. The van der Waals surface area contributed by atoms with Crippen LogP contribution in [0.5, 0.6) is 0 Å². The molecule has 8 heteroatoms. The van der Waals surface area contributed by atoms with Crippen molar-refractivity contribution in [3.63, 3.8) is 0 Å². The van der Waals surface area contributed by atoms with E-state index in [9.17, 15) is 17.6 Å². The number of carbonyl (C=O) groups is 1. The number of halogens is 1. The van der Waals surface area contributed by atoms with Crippen LogP contribution in [0.3, 0.4) is 0 Å². The van der Waals surface area contributed by atoms with Gasteiger partial charge in [-0.2, -0.15) is 0 Å². The van der Waals surface area contributed by atoms with Gasteiger partial charge in [-0.25, -0.2) is 12.8 Å². The van der Waals surface area contributed by atoms with Gasteiger partial charge in [0.1, 0.15) is 11.9 Å². The van der Waals surface area contributed by atoms with Crippen molar-refractivity contribution >= 4 is 39.1 Å². The molecule has 0 unspecified atom stereocenters. The van der Waals surface area contributed by atoms with Gasteiger partial charge >= 0.3 is 0 Å². The van der Waals surface area contributed by atoms with Gasteiger partial charge in [-0.3, -0.25) is 9.10 Å².